The van der Waals surface area contributed by atoms with Crippen LogP contribution < -0.4 is 11.1 Å². The molecule has 0 aliphatic heterocycles. The minimum absolute atomic E-state index is 0.0240. The van der Waals surface area contributed by atoms with E-state index in [1.165, 1.54) is 6.33 Å². The Morgan fingerprint density at radius 1 is 1.67 bits per heavy atom. The second kappa shape index (κ2) is 5.03. The van der Waals surface area contributed by atoms with Crippen molar-refractivity contribution < 1.29 is 14.5 Å². The molecule has 18 heavy (non-hydrogen) atoms. The Bertz CT molecular complexity index is 438. The predicted octanol–water partition coefficient (Wildman–Crippen LogP) is -0.355. The van der Waals surface area contributed by atoms with Gasteiger partial charge in [-0.1, -0.05) is 16.7 Å². The van der Waals surface area contributed by atoms with Crippen LogP contribution in [0.3, 0.4) is 0 Å². The van der Waals surface area contributed by atoms with E-state index >= 15 is 0 Å². The third-order valence-corrected chi connectivity index (χ3v) is 3.27. The highest BCUT2D eigenvalue weighted by Crippen LogP contribution is 2.41. The van der Waals surface area contributed by atoms with Gasteiger partial charge in [0.25, 0.3) is 0 Å². The van der Waals surface area contributed by atoms with E-state index in [1.54, 1.807) is 0 Å². The molecule has 0 bridgehead atoms. The molecule has 8 nitrogen and oxygen atoms in total. The summed E-state index contributed by atoms with van der Waals surface area (Å²) in [4.78, 5) is 15.9. The minimum Gasteiger partial charge on any atom is -0.409 e. The fraction of sp³-hybridized carbons (Fsp3) is 0.600. The van der Waals surface area contributed by atoms with E-state index in [9.17, 15) is 4.79 Å². The Kier molecular flexibility index (Phi) is 3.45. The SMILES string of the molecule is NC(=NO)C1(C(=O)NCCc2ncno2)CCC1. The maximum atomic E-state index is 12.0. The van der Waals surface area contributed by atoms with Crippen molar-refractivity contribution in [2.45, 2.75) is 25.7 Å². The first-order valence-corrected chi connectivity index (χ1v) is 5.71. The minimum atomic E-state index is -0.844. The van der Waals surface area contributed by atoms with Crippen LogP contribution in [-0.2, 0) is 11.2 Å². The lowest BCUT2D eigenvalue weighted by atomic mass is 9.67. The molecule has 1 fully saturated rings. The molecule has 0 unspecified atom stereocenters. The molecule has 0 saturated heterocycles. The fourth-order valence-electron chi connectivity index (χ4n) is 1.98. The summed E-state index contributed by atoms with van der Waals surface area (Å²) in [6.45, 7) is 0.376. The van der Waals surface area contributed by atoms with Crippen molar-refractivity contribution in [2.75, 3.05) is 6.54 Å². The van der Waals surface area contributed by atoms with Gasteiger partial charge in [-0.05, 0) is 12.8 Å². The lowest BCUT2D eigenvalue weighted by molar-refractivity contribution is -0.131. The highest BCUT2D eigenvalue weighted by molar-refractivity contribution is 6.07. The van der Waals surface area contributed by atoms with Gasteiger partial charge in [-0.3, -0.25) is 4.79 Å². The van der Waals surface area contributed by atoms with E-state index in [-0.39, 0.29) is 11.7 Å². The smallest absolute Gasteiger partial charge is 0.233 e. The normalized spacial score (nSPS) is 18.1. The number of aromatic nitrogens is 2. The van der Waals surface area contributed by atoms with Gasteiger partial charge in [0, 0.05) is 13.0 Å². The number of nitrogens with two attached hydrogens (primary N) is 1. The first-order valence-electron chi connectivity index (χ1n) is 5.71. The number of nitrogens with zero attached hydrogens (tertiary/aromatic N) is 3. The van der Waals surface area contributed by atoms with Gasteiger partial charge in [0.05, 0.1) is 0 Å². The van der Waals surface area contributed by atoms with Crippen LogP contribution in [0.2, 0.25) is 0 Å². The number of hydrogen-bond acceptors (Lipinski definition) is 6. The van der Waals surface area contributed by atoms with Gasteiger partial charge in [0.15, 0.2) is 12.2 Å². The van der Waals surface area contributed by atoms with Crippen LogP contribution in [0.25, 0.3) is 0 Å². The van der Waals surface area contributed by atoms with Crippen molar-refractivity contribution in [1.82, 2.24) is 15.5 Å². The number of amidine groups is 1. The van der Waals surface area contributed by atoms with Gasteiger partial charge >= 0.3 is 0 Å². The molecule has 0 radical (unpaired) electrons. The maximum Gasteiger partial charge on any atom is 0.233 e. The fourth-order valence-corrected chi connectivity index (χ4v) is 1.98. The lowest BCUT2D eigenvalue weighted by Crippen LogP contribution is -2.54. The Morgan fingerprint density at radius 2 is 2.44 bits per heavy atom. The largest absolute Gasteiger partial charge is 0.409 e. The second-order valence-electron chi connectivity index (χ2n) is 4.26. The molecule has 0 spiro atoms. The number of nitrogens with one attached hydrogen (secondary N) is 1. The topological polar surface area (TPSA) is 127 Å². The quantitative estimate of drug-likeness (QED) is 0.285. The van der Waals surface area contributed by atoms with Crippen molar-refractivity contribution >= 4 is 11.7 Å². The molecular formula is C10H15N5O3. The summed E-state index contributed by atoms with van der Waals surface area (Å²) in [5.74, 6) is 0.217. The average molecular weight is 253 g/mol. The van der Waals surface area contributed by atoms with Gasteiger partial charge in [-0.25, -0.2) is 0 Å². The van der Waals surface area contributed by atoms with E-state index in [4.69, 9.17) is 15.5 Å². The first-order chi connectivity index (χ1) is 8.69. The highest BCUT2D eigenvalue weighted by Gasteiger charge is 2.48. The Balaban J connectivity index is 1.87. The molecule has 1 aromatic rings. The Hall–Kier alpha value is -2.12. The number of amides is 1. The van der Waals surface area contributed by atoms with Gasteiger partial charge in [-0.15, -0.1) is 0 Å². The molecule has 98 valence electrons. The molecular weight excluding hydrogens is 238 g/mol. The monoisotopic (exact) mass is 253 g/mol. The summed E-state index contributed by atoms with van der Waals surface area (Å²) in [5.41, 5.74) is 4.74. The van der Waals surface area contributed by atoms with E-state index in [2.05, 4.69) is 20.6 Å². The summed E-state index contributed by atoms with van der Waals surface area (Å²) in [7, 11) is 0. The summed E-state index contributed by atoms with van der Waals surface area (Å²) < 4.78 is 4.81. The summed E-state index contributed by atoms with van der Waals surface area (Å²) >= 11 is 0. The Morgan fingerprint density at radius 3 is 2.94 bits per heavy atom. The summed E-state index contributed by atoms with van der Waals surface area (Å²) in [6, 6.07) is 0. The molecule has 4 N–H and O–H groups in total. The highest BCUT2D eigenvalue weighted by atomic mass is 16.5. The van der Waals surface area contributed by atoms with E-state index in [0.29, 0.717) is 31.7 Å². The van der Waals surface area contributed by atoms with Crippen LogP contribution in [-0.4, -0.2) is 33.6 Å². The van der Waals surface area contributed by atoms with E-state index < -0.39 is 5.41 Å². The molecule has 0 atom stereocenters. The van der Waals surface area contributed by atoms with Gasteiger partial charge < -0.3 is 20.8 Å². The van der Waals surface area contributed by atoms with E-state index in [0.717, 1.165) is 6.42 Å². The number of carbonyl (C=O) groups excluding carboxylic acids is 1. The predicted molar refractivity (Wildman–Crippen MR) is 60.7 cm³/mol. The second-order valence-corrected chi connectivity index (χ2v) is 4.26. The van der Waals surface area contributed by atoms with Gasteiger partial charge in [0.1, 0.15) is 5.41 Å². The number of carbonyl (C=O) groups is 1. The van der Waals surface area contributed by atoms with Crippen LogP contribution in [0.5, 0.6) is 0 Å². The maximum absolute atomic E-state index is 12.0. The lowest BCUT2D eigenvalue weighted by Gasteiger charge is -2.38. The Labute approximate surface area is 103 Å². The van der Waals surface area contributed by atoms with Crippen LogP contribution in [0.15, 0.2) is 16.0 Å². The molecule has 1 aromatic heterocycles. The molecule has 8 heteroatoms. The van der Waals surface area contributed by atoms with Crippen molar-refractivity contribution in [1.29, 1.82) is 0 Å². The van der Waals surface area contributed by atoms with Crippen molar-refractivity contribution in [3.8, 4) is 0 Å². The molecule has 1 aliphatic rings. The molecule has 1 aliphatic carbocycles. The number of oxime groups is 1. The van der Waals surface area contributed by atoms with Crippen LogP contribution in [0.1, 0.15) is 25.2 Å². The molecule has 2 rings (SSSR count). The van der Waals surface area contributed by atoms with Crippen molar-refractivity contribution in [3.05, 3.63) is 12.2 Å². The standard InChI is InChI=1S/C10H15N5O3/c11-8(15-17)10(3-1-4-10)9(16)12-5-2-7-13-6-14-18-7/h6,17H,1-5H2,(H2,11,15)(H,12,16). The van der Waals surface area contributed by atoms with Crippen LogP contribution >= 0.6 is 0 Å². The number of rotatable bonds is 5. The first kappa shape index (κ1) is 12.3. The molecule has 1 saturated carbocycles. The average Bonchev–Trinajstić information content (AvgIpc) is 2.80. The molecule has 1 amide bonds. The number of hydrogen-bond donors (Lipinski definition) is 3. The van der Waals surface area contributed by atoms with Crippen molar-refractivity contribution in [3.63, 3.8) is 0 Å². The molecule has 0 aromatic carbocycles. The zero-order valence-electron chi connectivity index (χ0n) is 9.80. The third kappa shape index (κ3) is 2.13. The van der Waals surface area contributed by atoms with Gasteiger partial charge in [0.2, 0.25) is 11.8 Å². The zero-order chi connectivity index (χ0) is 13.0. The van der Waals surface area contributed by atoms with Crippen LogP contribution in [0, 0.1) is 5.41 Å². The summed E-state index contributed by atoms with van der Waals surface area (Å²) in [6.07, 6.45) is 3.87. The van der Waals surface area contributed by atoms with Gasteiger partial charge in [-0.2, -0.15) is 4.98 Å². The molecule has 1 heterocycles. The summed E-state index contributed by atoms with van der Waals surface area (Å²) in [5, 5.41) is 17.9. The zero-order valence-corrected chi connectivity index (χ0v) is 9.80. The third-order valence-electron chi connectivity index (χ3n) is 3.27. The van der Waals surface area contributed by atoms with E-state index in [1.807, 2.05) is 0 Å². The van der Waals surface area contributed by atoms with Crippen molar-refractivity contribution in [2.24, 2.45) is 16.3 Å². The van der Waals surface area contributed by atoms with Crippen LogP contribution in [0.4, 0.5) is 0 Å².